The second kappa shape index (κ2) is 6.02. The molecule has 6 heteroatoms. The Labute approximate surface area is 124 Å². The van der Waals surface area contributed by atoms with E-state index in [0.29, 0.717) is 15.1 Å². The van der Waals surface area contributed by atoms with E-state index >= 15 is 0 Å². The molecule has 0 aliphatic heterocycles. The van der Waals surface area contributed by atoms with Gasteiger partial charge in [-0.1, -0.05) is 52.6 Å². The molecule has 2 rings (SSSR count). The van der Waals surface area contributed by atoms with Crippen molar-refractivity contribution in [2.75, 3.05) is 7.11 Å². The van der Waals surface area contributed by atoms with Crippen molar-refractivity contribution in [1.29, 1.82) is 0 Å². The highest BCUT2D eigenvalue weighted by molar-refractivity contribution is 7.99. The average Bonchev–Trinajstić information content (AvgIpc) is 2.36. The topological polar surface area (TPSA) is 22.1 Å². The third kappa shape index (κ3) is 3.23. The van der Waals surface area contributed by atoms with Gasteiger partial charge in [0.2, 0.25) is 0 Å². The summed E-state index contributed by atoms with van der Waals surface area (Å²) in [6.07, 6.45) is 0. The number of pyridine rings is 1. The van der Waals surface area contributed by atoms with Crippen molar-refractivity contribution in [2.24, 2.45) is 0 Å². The monoisotopic (exact) mass is 319 g/mol. The van der Waals surface area contributed by atoms with E-state index in [1.165, 1.54) is 11.8 Å². The maximum absolute atomic E-state index is 6.07. The van der Waals surface area contributed by atoms with E-state index in [9.17, 15) is 0 Å². The summed E-state index contributed by atoms with van der Waals surface area (Å²) in [5.74, 6) is 0.774. The number of rotatable bonds is 3. The van der Waals surface area contributed by atoms with Gasteiger partial charge in [0.15, 0.2) is 0 Å². The maximum atomic E-state index is 6.07. The highest BCUT2D eigenvalue weighted by Crippen LogP contribution is 2.36. The Morgan fingerprint density at radius 1 is 1.11 bits per heavy atom. The molecule has 0 bridgehead atoms. The normalized spacial score (nSPS) is 10.4. The predicted octanol–water partition coefficient (Wildman–Crippen LogP) is 5.20. The van der Waals surface area contributed by atoms with Gasteiger partial charge in [-0.05, 0) is 24.3 Å². The zero-order valence-electron chi connectivity index (χ0n) is 9.28. The minimum absolute atomic E-state index is 0.242. The summed E-state index contributed by atoms with van der Waals surface area (Å²) >= 11 is 19.2. The third-order valence-corrected chi connectivity index (χ3v) is 4.18. The number of aromatic nitrogens is 1. The molecule has 0 spiro atoms. The van der Waals surface area contributed by atoms with E-state index in [1.54, 1.807) is 13.2 Å². The van der Waals surface area contributed by atoms with Gasteiger partial charge in [0, 0.05) is 4.90 Å². The number of methoxy groups -OCH3 is 1. The van der Waals surface area contributed by atoms with Crippen LogP contribution in [0.25, 0.3) is 0 Å². The van der Waals surface area contributed by atoms with E-state index < -0.39 is 0 Å². The smallest absolute Gasteiger partial charge is 0.149 e. The van der Waals surface area contributed by atoms with E-state index in [0.717, 1.165) is 10.6 Å². The van der Waals surface area contributed by atoms with Gasteiger partial charge in [-0.2, -0.15) is 0 Å². The van der Waals surface area contributed by atoms with Crippen molar-refractivity contribution in [1.82, 2.24) is 4.98 Å². The Balaban J connectivity index is 2.30. The summed E-state index contributed by atoms with van der Waals surface area (Å²) < 4.78 is 5.15. The van der Waals surface area contributed by atoms with Crippen molar-refractivity contribution in [3.05, 3.63) is 45.5 Å². The quantitative estimate of drug-likeness (QED) is 0.726. The summed E-state index contributed by atoms with van der Waals surface area (Å²) in [5, 5.41) is 1.67. The first kappa shape index (κ1) is 13.8. The van der Waals surface area contributed by atoms with Gasteiger partial charge >= 0.3 is 0 Å². The van der Waals surface area contributed by atoms with Gasteiger partial charge in [-0.3, -0.25) is 0 Å². The van der Waals surface area contributed by atoms with Crippen molar-refractivity contribution >= 4 is 46.6 Å². The van der Waals surface area contributed by atoms with Crippen molar-refractivity contribution in [2.45, 2.75) is 9.92 Å². The molecule has 0 aliphatic carbocycles. The third-order valence-electron chi connectivity index (χ3n) is 2.11. The lowest BCUT2D eigenvalue weighted by Crippen LogP contribution is -1.86. The summed E-state index contributed by atoms with van der Waals surface area (Å²) in [7, 11) is 1.62. The predicted molar refractivity (Wildman–Crippen MR) is 76.4 cm³/mol. The van der Waals surface area contributed by atoms with Gasteiger partial charge in [0.25, 0.3) is 0 Å². The number of benzene rings is 1. The largest absolute Gasteiger partial charge is 0.497 e. The second-order valence-corrected chi connectivity index (χ2v) is 5.56. The first-order chi connectivity index (χ1) is 8.60. The fourth-order valence-corrected chi connectivity index (χ4v) is 2.78. The van der Waals surface area contributed by atoms with Crippen LogP contribution in [0.1, 0.15) is 0 Å². The summed E-state index contributed by atoms with van der Waals surface area (Å²) in [5.41, 5.74) is 0. The Hall–Kier alpha value is -0.610. The fourth-order valence-electron chi connectivity index (χ4n) is 1.28. The van der Waals surface area contributed by atoms with Crippen molar-refractivity contribution in [3.8, 4) is 5.75 Å². The van der Waals surface area contributed by atoms with Crippen LogP contribution < -0.4 is 4.74 Å². The average molecular weight is 321 g/mol. The highest BCUT2D eigenvalue weighted by Gasteiger charge is 2.09. The molecule has 0 unspecified atom stereocenters. The van der Waals surface area contributed by atoms with Gasteiger partial charge in [0.1, 0.15) is 15.9 Å². The molecule has 0 aliphatic rings. The molecule has 0 radical (unpaired) electrons. The number of nitrogens with zero attached hydrogens (tertiary/aromatic N) is 1. The van der Waals surface area contributed by atoms with Gasteiger partial charge in [-0.25, -0.2) is 4.98 Å². The molecule has 1 heterocycles. The van der Waals surface area contributed by atoms with Crippen LogP contribution in [0.3, 0.4) is 0 Å². The van der Waals surface area contributed by atoms with E-state index in [-0.39, 0.29) is 5.15 Å². The standard InChI is InChI=1S/C12H8Cl3NOS/c1-17-7-3-2-4-8(5-7)18-12-10(14)6-9(13)11(15)16-12/h2-6H,1H3. The number of hydrogen-bond acceptors (Lipinski definition) is 3. The minimum atomic E-state index is 0.242. The Bertz CT molecular complexity index is 577. The van der Waals surface area contributed by atoms with Crippen LogP contribution in [-0.4, -0.2) is 12.1 Å². The first-order valence-electron chi connectivity index (χ1n) is 4.93. The lowest BCUT2D eigenvalue weighted by atomic mass is 10.3. The summed E-state index contributed by atoms with van der Waals surface area (Å²) in [4.78, 5) is 5.11. The Morgan fingerprint density at radius 2 is 1.89 bits per heavy atom. The van der Waals surface area contributed by atoms with Crippen LogP contribution in [-0.2, 0) is 0 Å². The Morgan fingerprint density at radius 3 is 2.61 bits per heavy atom. The lowest BCUT2D eigenvalue weighted by molar-refractivity contribution is 0.413. The molecule has 94 valence electrons. The lowest BCUT2D eigenvalue weighted by Gasteiger charge is -2.06. The highest BCUT2D eigenvalue weighted by atomic mass is 35.5. The number of hydrogen-bond donors (Lipinski definition) is 0. The fraction of sp³-hybridized carbons (Fsp3) is 0.0833. The van der Waals surface area contributed by atoms with E-state index in [2.05, 4.69) is 4.98 Å². The molecule has 1 aromatic carbocycles. The molecule has 0 N–H and O–H groups in total. The molecule has 0 saturated carbocycles. The first-order valence-corrected chi connectivity index (χ1v) is 6.88. The molecular weight excluding hydrogens is 313 g/mol. The van der Waals surface area contributed by atoms with Crippen molar-refractivity contribution < 1.29 is 4.74 Å². The van der Waals surface area contributed by atoms with Gasteiger partial charge < -0.3 is 4.74 Å². The van der Waals surface area contributed by atoms with E-state index in [1.807, 2.05) is 24.3 Å². The number of ether oxygens (including phenoxy) is 1. The molecule has 0 amide bonds. The van der Waals surface area contributed by atoms with Crippen LogP contribution in [0.4, 0.5) is 0 Å². The minimum Gasteiger partial charge on any atom is -0.497 e. The van der Waals surface area contributed by atoms with Crippen molar-refractivity contribution in [3.63, 3.8) is 0 Å². The SMILES string of the molecule is COc1cccc(Sc2nc(Cl)c(Cl)cc2Cl)c1. The molecule has 2 nitrogen and oxygen atoms in total. The van der Waals surface area contributed by atoms with Gasteiger partial charge in [-0.15, -0.1) is 0 Å². The zero-order chi connectivity index (χ0) is 13.1. The van der Waals surface area contributed by atoms with Crippen LogP contribution in [0, 0.1) is 0 Å². The van der Waals surface area contributed by atoms with Crippen LogP contribution in [0.2, 0.25) is 15.2 Å². The second-order valence-electron chi connectivity index (χ2n) is 3.33. The van der Waals surface area contributed by atoms with Crippen LogP contribution in [0.5, 0.6) is 5.75 Å². The molecular formula is C12H8Cl3NOS. The van der Waals surface area contributed by atoms with E-state index in [4.69, 9.17) is 39.5 Å². The molecule has 1 aromatic heterocycles. The zero-order valence-corrected chi connectivity index (χ0v) is 12.4. The summed E-state index contributed by atoms with van der Waals surface area (Å²) in [6.45, 7) is 0. The van der Waals surface area contributed by atoms with Crippen LogP contribution in [0.15, 0.2) is 40.3 Å². The summed E-state index contributed by atoms with van der Waals surface area (Å²) in [6, 6.07) is 9.18. The maximum Gasteiger partial charge on any atom is 0.149 e. The molecule has 0 fully saturated rings. The van der Waals surface area contributed by atoms with Gasteiger partial charge in [0.05, 0.1) is 17.2 Å². The molecule has 0 saturated heterocycles. The van der Waals surface area contributed by atoms with Crippen LogP contribution >= 0.6 is 46.6 Å². The Kier molecular flexibility index (Phi) is 4.62. The molecule has 2 aromatic rings. The number of halogens is 3. The molecule has 0 atom stereocenters. The molecule has 18 heavy (non-hydrogen) atoms.